The summed E-state index contributed by atoms with van der Waals surface area (Å²) in [5, 5.41) is 5.51. The molecule has 0 radical (unpaired) electrons. The lowest BCUT2D eigenvalue weighted by Crippen LogP contribution is -2.25. The van der Waals surface area contributed by atoms with Crippen molar-refractivity contribution < 1.29 is 0 Å². The van der Waals surface area contributed by atoms with E-state index in [2.05, 4.69) is 52.5 Å². The topological polar surface area (TPSA) is 41.1 Å². The van der Waals surface area contributed by atoms with E-state index in [4.69, 9.17) is 0 Å². The molecule has 0 amide bonds. The smallest absolute Gasteiger partial charge is 0.133 e. The number of thiazole rings is 1. The third-order valence-corrected chi connectivity index (χ3v) is 3.45. The first-order chi connectivity index (χ1) is 9.16. The van der Waals surface area contributed by atoms with Gasteiger partial charge in [0.2, 0.25) is 0 Å². The molecule has 0 aliphatic rings. The molecular weight excluding hydrogens is 256 g/mol. The van der Waals surface area contributed by atoms with E-state index in [9.17, 15) is 0 Å². The van der Waals surface area contributed by atoms with Crippen LogP contribution in [0.4, 0.5) is 5.82 Å². The van der Waals surface area contributed by atoms with Gasteiger partial charge in [0.15, 0.2) is 0 Å². The summed E-state index contributed by atoms with van der Waals surface area (Å²) in [6.07, 6.45) is 1.84. The van der Waals surface area contributed by atoms with Gasteiger partial charge in [-0.25, -0.2) is 9.97 Å². The number of aromatic nitrogens is 2. The Morgan fingerprint density at radius 1 is 1.37 bits per heavy atom. The lowest BCUT2D eigenvalue weighted by molar-refractivity contribution is 0.587. The average molecular weight is 276 g/mol. The molecule has 0 unspecified atom stereocenters. The Hall–Kier alpha value is -1.46. The van der Waals surface area contributed by atoms with Crippen molar-refractivity contribution in [2.45, 2.75) is 33.0 Å². The summed E-state index contributed by atoms with van der Waals surface area (Å²) in [5.74, 6) is 1.02. The Morgan fingerprint density at radius 3 is 2.89 bits per heavy atom. The number of nitrogens with one attached hydrogen (secondary N) is 1. The van der Waals surface area contributed by atoms with Crippen LogP contribution in [0.1, 0.15) is 25.1 Å². The van der Waals surface area contributed by atoms with Crippen LogP contribution in [-0.2, 0) is 13.1 Å². The van der Waals surface area contributed by atoms with Gasteiger partial charge in [-0.2, -0.15) is 0 Å². The van der Waals surface area contributed by atoms with Crippen molar-refractivity contribution in [3.05, 3.63) is 40.5 Å². The van der Waals surface area contributed by atoms with Crippen LogP contribution in [-0.4, -0.2) is 23.1 Å². The summed E-state index contributed by atoms with van der Waals surface area (Å²) in [7, 11) is 2.06. The summed E-state index contributed by atoms with van der Waals surface area (Å²) in [6, 6.07) is 4.57. The van der Waals surface area contributed by atoms with E-state index in [0.717, 1.165) is 24.6 Å². The Labute approximate surface area is 118 Å². The van der Waals surface area contributed by atoms with Crippen molar-refractivity contribution in [3.63, 3.8) is 0 Å². The second-order valence-corrected chi connectivity index (χ2v) is 5.58. The Bertz CT molecular complexity index is 496. The van der Waals surface area contributed by atoms with Crippen LogP contribution in [0.2, 0.25) is 0 Å². The van der Waals surface area contributed by atoms with E-state index in [0.29, 0.717) is 6.04 Å². The van der Waals surface area contributed by atoms with Gasteiger partial charge < -0.3 is 10.2 Å². The minimum atomic E-state index is 0.469. The Morgan fingerprint density at radius 2 is 2.21 bits per heavy atom. The predicted molar refractivity (Wildman–Crippen MR) is 80.4 cm³/mol. The molecule has 1 N–H and O–H groups in total. The summed E-state index contributed by atoms with van der Waals surface area (Å²) < 4.78 is 0. The van der Waals surface area contributed by atoms with Gasteiger partial charge in [-0.15, -0.1) is 11.3 Å². The summed E-state index contributed by atoms with van der Waals surface area (Å²) in [5.41, 5.74) is 4.16. The van der Waals surface area contributed by atoms with Gasteiger partial charge in [0.1, 0.15) is 5.82 Å². The predicted octanol–water partition coefficient (Wildman–Crippen LogP) is 2.67. The molecule has 2 heterocycles. The number of hydrogen-bond acceptors (Lipinski definition) is 5. The van der Waals surface area contributed by atoms with Crippen LogP contribution < -0.4 is 10.2 Å². The second kappa shape index (κ2) is 6.63. The van der Waals surface area contributed by atoms with E-state index in [1.54, 1.807) is 11.3 Å². The highest BCUT2D eigenvalue weighted by Gasteiger charge is 2.10. The van der Waals surface area contributed by atoms with Crippen molar-refractivity contribution in [2.24, 2.45) is 0 Å². The van der Waals surface area contributed by atoms with Gasteiger partial charge in [-0.05, 0) is 6.07 Å². The highest BCUT2D eigenvalue weighted by Crippen LogP contribution is 2.18. The fourth-order valence-corrected chi connectivity index (χ4v) is 2.41. The molecule has 5 heteroatoms. The molecular formula is C14H20N4S. The molecule has 102 valence electrons. The Balaban J connectivity index is 2.09. The van der Waals surface area contributed by atoms with Crippen molar-refractivity contribution >= 4 is 17.2 Å². The highest BCUT2D eigenvalue weighted by atomic mass is 32.1. The van der Waals surface area contributed by atoms with Crippen molar-refractivity contribution in [1.82, 2.24) is 15.3 Å². The number of pyridine rings is 1. The molecule has 0 aliphatic heterocycles. The normalized spacial score (nSPS) is 10.9. The van der Waals surface area contributed by atoms with Crippen LogP contribution in [0.25, 0.3) is 0 Å². The molecule has 19 heavy (non-hydrogen) atoms. The SMILES string of the molecule is CC(C)NCc1cccnc1N(C)Cc1cscn1. The molecule has 0 aromatic carbocycles. The minimum absolute atomic E-state index is 0.469. The fraction of sp³-hybridized carbons (Fsp3) is 0.429. The second-order valence-electron chi connectivity index (χ2n) is 4.86. The van der Waals surface area contributed by atoms with Gasteiger partial charge >= 0.3 is 0 Å². The zero-order chi connectivity index (χ0) is 13.7. The van der Waals surface area contributed by atoms with E-state index >= 15 is 0 Å². The molecule has 0 bridgehead atoms. The van der Waals surface area contributed by atoms with E-state index in [1.807, 2.05) is 17.8 Å². The molecule has 0 saturated heterocycles. The Kier molecular flexibility index (Phi) is 4.87. The third kappa shape index (κ3) is 4.01. The van der Waals surface area contributed by atoms with Crippen molar-refractivity contribution in [1.29, 1.82) is 0 Å². The van der Waals surface area contributed by atoms with Crippen LogP contribution >= 0.6 is 11.3 Å². The maximum atomic E-state index is 4.50. The molecule has 0 aliphatic carbocycles. The van der Waals surface area contributed by atoms with Crippen LogP contribution in [0.3, 0.4) is 0 Å². The summed E-state index contributed by atoms with van der Waals surface area (Å²) in [4.78, 5) is 11.0. The van der Waals surface area contributed by atoms with Crippen LogP contribution in [0.5, 0.6) is 0 Å². The third-order valence-electron chi connectivity index (χ3n) is 2.81. The molecule has 0 atom stereocenters. The molecule has 4 nitrogen and oxygen atoms in total. The maximum Gasteiger partial charge on any atom is 0.133 e. The molecule has 0 fully saturated rings. The lowest BCUT2D eigenvalue weighted by atomic mass is 10.2. The number of hydrogen-bond donors (Lipinski definition) is 1. The molecule has 2 rings (SSSR count). The molecule has 2 aromatic heterocycles. The van der Waals surface area contributed by atoms with E-state index < -0.39 is 0 Å². The molecule has 2 aromatic rings. The van der Waals surface area contributed by atoms with Crippen LogP contribution in [0.15, 0.2) is 29.2 Å². The minimum Gasteiger partial charge on any atom is -0.353 e. The van der Waals surface area contributed by atoms with Gasteiger partial charge in [0.05, 0.1) is 17.7 Å². The summed E-state index contributed by atoms with van der Waals surface area (Å²) in [6.45, 7) is 5.92. The van der Waals surface area contributed by atoms with Crippen LogP contribution in [0, 0.1) is 0 Å². The zero-order valence-electron chi connectivity index (χ0n) is 11.6. The monoisotopic (exact) mass is 276 g/mol. The molecule has 0 spiro atoms. The largest absolute Gasteiger partial charge is 0.353 e. The lowest BCUT2D eigenvalue weighted by Gasteiger charge is -2.21. The molecule has 0 saturated carbocycles. The van der Waals surface area contributed by atoms with Gasteiger partial charge in [-0.3, -0.25) is 0 Å². The summed E-state index contributed by atoms with van der Waals surface area (Å²) >= 11 is 1.62. The maximum absolute atomic E-state index is 4.50. The van der Waals surface area contributed by atoms with Gasteiger partial charge in [0.25, 0.3) is 0 Å². The highest BCUT2D eigenvalue weighted by molar-refractivity contribution is 7.07. The fourth-order valence-electron chi connectivity index (χ4n) is 1.86. The average Bonchev–Trinajstić information content (AvgIpc) is 2.89. The standard InChI is InChI=1S/C14H20N4S/c1-11(2)16-7-12-5-4-6-15-14(12)18(3)8-13-9-19-10-17-13/h4-6,9-11,16H,7-8H2,1-3H3. The number of rotatable bonds is 6. The first kappa shape index (κ1) is 14.0. The van der Waals surface area contributed by atoms with Gasteiger partial charge in [0, 0.05) is 36.8 Å². The first-order valence-electron chi connectivity index (χ1n) is 6.42. The first-order valence-corrected chi connectivity index (χ1v) is 7.36. The van der Waals surface area contributed by atoms with Crippen molar-refractivity contribution in [2.75, 3.05) is 11.9 Å². The number of anilines is 1. The van der Waals surface area contributed by atoms with E-state index in [-0.39, 0.29) is 0 Å². The zero-order valence-corrected chi connectivity index (χ0v) is 12.4. The number of nitrogens with zero attached hydrogens (tertiary/aromatic N) is 3. The van der Waals surface area contributed by atoms with Gasteiger partial charge in [-0.1, -0.05) is 19.9 Å². The quantitative estimate of drug-likeness (QED) is 0.880. The van der Waals surface area contributed by atoms with E-state index in [1.165, 1.54) is 5.56 Å². The van der Waals surface area contributed by atoms with Crippen molar-refractivity contribution in [3.8, 4) is 0 Å².